The summed E-state index contributed by atoms with van der Waals surface area (Å²) in [6, 6.07) is 7.64. The number of rotatable bonds is 3. The van der Waals surface area contributed by atoms with Crippen molar-refractivity contribution in [2.75, 3.05) is 11.1 Å². The van der Waals surface area contributed by atoms with E-state index in [1.54, 1.807) is 0 Å². The first-order chi connectivity index (χ1) is 7.63. The third-order valence-electron chi connectivity index (χ3n) is 2.55. The maximum absolute atomic E-state index is 11.2. The Morgan fingerprint density at radius 1 is 1.25 bits per heavy atom. The highest BCUT2D eigenvalue weighted by Gasteiger charge is 2.17. The van der Waals surface area contributed by atoms with Crippen molar-refractivity contribution in [1.82, 2.24) is 0 Å². The zero-order valence-electron chi connectivity index (χ0n) is 8.91. The van der Waals surface area contributed by atoms with Crippen molar-refractivity contribution < 1.29 is 0 Å². The molecule has 4 heteroatoms. The Labute approximate surface area is 92.4 Å². The fourth-order valence-corrected chi connectivity index (χ4v) is 1.55. The molecule has 2 aromatic carbocycles. The predicted octanol–water partition coefficient (Wildman–Crippen LogP) is 1.17. The molecule has 0 fully saturated rings. The third-order valence-corrected chi connectivity index (χ3v) is 2.55. The predicted molar refractivity (Wildman–Crippen MR) is 64.9 cm³/mol. The van der Waals surface area contributed by atoms with Crippen molar-refractivity contribution in [3.05, 3.63) is 50.3 Å². The van der Waals surface area contributed by atoms with Crippen LogP contribution in [-0.2, 0) is 6.42 Å². The van der Waals surface area contributed by atoms with Crippen molar-refractivity contribution >= 4 is 17.1 Å². The lowest BCUT2D eigenvalue weighted by Gasteiger charge is -2.10. The van der Waals surface area contributed by atoms with E-state index in [0.29, 0.717) is 0 Å². The van der Waals surface area contributed by atoms with Crippen LogP contribution in [0, 0.1) is 0 Å². The van der Waals surface area contributed by atoms with Gasteiger partial charge in [0.2, 0.25) is 0 Å². The molecule has 0 spiro atoms. The van der Waals surface area contributed by atoms with Crippen LogP contribution in [0.1, 0.15) is 12.5 Å². The summed E-state index contributed by atoms with van der Waals surface area (Å²) in [5.41, 5.74) is 6.43. The van der Waals surface area contributed by atoms with Crippen LogP contribution in [0.3, 0.4) is 0 Å². The Kier molecular flexibility index (Phi) is 2.48. The maximum Gasteiger partial charge on any atom is 0.253 e. The first-order valence-corrected chi connectivity index (χ1v) is 5.08. The normalized spacial score (nSPS) is 10.6. The smallest absolute Gasteiger partial charge is 0.253 e. The van der Waals surface area contributed by atoms with E-state index < -0.39 is 10.9 Å². The minimum atomic E-state index is -0.603. The van der Waals surface area contributed by atoms with E-state index in [0.717, 1.165) is 17.7 Å². The van der Waals surface area contributed by atoms with Crippen LogP contribution in [0.25, 0.3) is 0 Å². The number of anilines is 3. The Morgan fingerprint density at radius 2 is 2.00 bits per heavy atom. The van der Waals surface area contributed by atoms with Crippen molar-refractivity contribution in [3.8, 4) is 0 Å². The van der Waals surface area contributed by atoms with Crippen molar-refractivity contribution in [2.24, 2.45) is 0 Å². The summed E-state index contributed by atoms with van der Waals surface area (Å²) in [5.74, 6) is 0. The van der Waals surface area contributed by atoms with Crippen LogP contribution in [0.5, 0.6) is 0 Å². The van der Waals surface area contributed by atoms with E-state index in [4.69, 9.17) is 5.73 Å². The Balaban J connectivity index is 2.28. The number of nitrogens with two attached hydrogens (primary N) is 1. The Hall–Kier alpha value is -2.10. The van der Waals surface area contributed by atoms with Gasteiger partial charge in [-0.2, -0.15) is 0 Å². The molecule has 0 aliphatic heterocycles. The first-order valence-electron chi connectivity index (χ1n) is 5.08. The molecule has 0 unspecified atom stereocenters. The lowest BCUT2D eigenvalue weighted by Crippen LogP contribution is -2.36. The zero-order chi connectivity index (χ0) is 11.7. The standard InChI is InChI=1S/C12H12N2O2/c1-2-7-4-3-5-8(6-7)14-10-9(13)11(15)12(10)16/h3-6,14H,2,13H2,1H3. The zero-order valence-corrected chi connectivity index (χ0v) is 8.91. The molecule has 0 heterocycles. The molecule has 0 bridgehead atoms. The van der Waals surface area contributed by atoms with Gasteiger partial charge in [-0.05, 0) is 24.1 Å². The lowest BCUT2D eigenvalue weighted by molar-refractivity contribution is 1.14. The van der Waals surface area contributed by atoms with Gasteiger partial charge in [-0.15, -0.1) is 0 Å². The van der Waals surface area contributed by atoms with Crippen LogP contribution >= 0.6 is 0 Å². The molecule has 0 amide bonds. The largest absolute Gasteiger partial charge is 0.394 e. The molecular weight excluding hydrogens is 204 g/mol. The van der Waals surface area contributed by atoms with Gasteiger partial charge in [-0.1, -0.05) is 19.1 Å². The number of nitrogens with one attached hydrogen (secondary N) is 1. The van der Waals surface area contributed by atoms with Crippen LogP contribution in [0.4, 0.5) is 17.1 Å². The van der Waals surface area contributed by atoms with Gasteiger partial charge in [-0.25, -0.2) is 0 Å². The number of nitrogen functional groups attached to an aromatic ring is 1. The van der Waals surface area contributed by atoms with Crippen LogP contribution in [0.15, 0.2) is 33.9 Å². The number of hydrogen-bond acceptors (Lipinski definition) is 4. The van der Waals surface area contributed by atoms with Gasteiger partial charge in [-0.3, -0.25) is 9.59 Å². The SMILES string of the molecule is CCc1cccc(Nc2c(N)c(=O)c2=O)c1. The second-order valence-electron chi connectivity index (χ2n) is 3.63. The summed E-state index contributed by atoms with van der Waals surface area (Å²) in [4.78, 5) is 22.1. The van der Waals surface area contributed by atoms with E-state index in [2.05, 4.69) is 5.32 Å². The molecule has 2 aromatic rings. The lowest BCUT2D eigenvalue weighted by atomic mass is 10.1. The fraction of sp³-hybridized carbons (Fsp3) is 0.167. The van der Waals surface area contributed by atoms with E-state index in [1.807, 2.05) is 31.2 Å². The van der Waals surface area contributed by atoms with E-state index in [1.165, 1.54) is 0 Å². The van der Waals surface area contributed by atoms with Gasteiger partial charge in [0, 0.05) is 5.69 Å². The number of hydrogen-bond donors (Lipinski definition) is 2. The molecule has 16 heavy (non-hydrogen) atoms. The van der Waals surface area contributed by atoms with Crippen molar-refractivity contribution in [3.63, 3.8) is 0 Å². The minimum absolute atomic E-state index is 0.0203. The topological polar surface area (TPSA) is 72.2 Å². The average Bonchev–Trinajstić information content (AvgIpc) is 2.34. The Morgan fingerprint density at radius 3 is 2.62 bits per heavy atom. The van der Waals surface area contributed by atoms with Gasteiger partial charge in [0.15, 0.2) is 0 Å². The van der Waals surface area contributed by atoms with Gasteiger partial charge >= 0.3 is 0 Å². The van der Waals surface area contributed by atoms with E-state index in [-0.39, 0.29) is 11.4 Å². The summed E-state index contributed by atoms with van der Waals surface area (Å²) in [7, 11) is 0. The maximum atomic E-state index is 11.2. The van der Waals surface area contributed by atoms with Gasteiger partial charge in [0.05, 0.1) is 0 Å². The summed E-state index contributed by atoms with van der Waals surface area (Å²) in [6.07, 6.45) is 0.914. The minimum Gasteiger partial charge on any atom is -0.394 e. The summed E-state index contributed by atoms with van der Waals surface area (Å²) < 4.78 is 0. The molecule has 0 saturated carbocycles. The highest BCUT2D eigenvalue weighted by Crippen LogP contribution is 2.19. The highest BCUT2D eigenvalue weighted by atomic mass is 16.2. The molecule has 2 rings (SSSR count). The molecule has 0 saturated heterocycles. The van der Waals surface area contributed by atoms with Gasteiger partial charge < -0.3 is 11.1 Å². The highest BCUT2D eigenvalue weighted by molar-refractivity contribution is 5.76. The summed E-state index contributed by atoms with van der Waals surface area (Å²) in [6.45, 7) is 2.05. The second-order valence-corrected chi connectivity index (χ2v) is 3.63. The van der Waals surface area contributed by atoms with Crippen molar-refractivity contribution in [2.45, 2.75) is 13.3 Å². The molecule has 0 atom stereocenters. The number of aryl methyl sites for hydroxylation is 1. The average molecular weight is 216 g/mol. The summed E-state index contributed by atoms with van der Waals surface area (Å²) >= 11 is 0. The molecule has 82 valence electrons. The molecule has 0 radical (unpaired) electrons. The van der Waals surface area contributed by atoms with Crippen LogP contribution in [-0.4, -0.2) is 0 Å². The third kappa shape index (κ3) is 1.58. The second kappa shape index (κ2) is 3.81. The van der Waals surface area contributed by atoms with E-state index in [9.17, 15) is 9.59 Å². The quantitative estimate of drug-likeness (QED) is 0.755. The summed E-state index contributed by atoms with van der Waals surface area (Å²) in [5, 5.41) is 2.87. The Bertz CT molecular complexity index is 595. The van der Waals surface area contributed by atoms with Crippen LogP contribution < -0.4 is 21.9 Å². The molecular formula is C12H12N2O2. The van der Waals surface area contributed by atoms with Gasteiger partial charge in [0.25, 0.3) is 10.9 Å². The van der Waals surface area contributed by atoms with Crippen LogP contribution in [0.2, 0.25) is 0 Å². The fourth-order valence-electron chi connectivity index (χ4n) is 1.55. The molecule has 4 nitrogen and oxygen atoms in total. The monoisotopic (exact) mass is 216 g/mol. The molecule has 0 aromatic heterocycles. The van der Waals surface area contributed by atoms with Crippen molar-refractivity contribution in [1.29, 1.82) is 0 Å². The molecule has 0 aliphatic carbocycles. The van der Waals surface area contributed by atoms with E-state index >= 15 is 0 Å². The molecule has 0 aliphatic rings. The first kappa shape index (κ1) is 10.4. The van der Waals surface area contributed by atoms with Gasteiger partial charge in [0.1, 0.15) is 11.4 Å². The molecule has 3 N–H and O–H groups in total. The number of benzene rings is 1.